The summed E-state index contributed by atoms with van der Waals surface area (Å²) in [6.07, 6.45) is 1.11. The molecule has 0 spiro atoms. The Morgan fingerprint density at radius 2 is 1.78 bits per heavy atom. The second-order valence-corrected chi connectivity index (χ2v) is 5.14. The number of rotatable bonds is 8. The van der Waals surface area contributed by atoms with Gasteiger partial charge in [0.1, 0.15) is 0 Å². The first-order valence-electron chi connectivity index (χ1n) is 6.26. The van der Waals surface area contributed by atoms with E-state index in [2.05, 4.69) is 5.32 Å². The van der Waals surface area contributed by atoms with Crippen molar-refractivity contribution in [1.82, 2.24) is 5.32 Å². The minimum Gasteiger partial charge on any atom is -0.481 e. The lowest BCUT2D eigenvalue weighted by Crippen LogP contribution is -2.44. The Balaban J connectivity index is 4.15. The standard InChI is InChI=1S/C13H23NO4/c1-5-13(3,4)12(18)9(2)14-10(15)7-6-8-11(16)17/h9H,5-8H2,1-4H3,(H,14,15)(H,16,17)/t9-/m0/s1. The van der Waals surface area contributed by atoms with Crippen LogP contribution in [-0.2, 0) is 14.4 Å². The van der Waals surface area contributed by atoms with Crippen molar-refractivity contribution in [2.75, 3.05) is 0 Å². The van der Waals surface area contributed by atoms with Gasteiger partial charge in [-0.25, -0.2) is 0 Å². The fourth-order valence-electron chi connectivity index (χ4n) is 1.54. The molecule has 0 aromatic rings. The van der Waals surface area contributed by atoms with Crippen LogP contribution in [0.5, 0.6) is 0 Å². The van der Waals surface area contributed by atoms with Crippen LogP contribution in [0.15, 0.2) is 0 Å². The van der Waals surface area contributed by atoms with Crippen molar-refractivity contribution in [3.63, 3.8) is 0 Å². The van der Waals surface area contributed by atoms with Gasteiger partial charge in [-0.2, -0.15) is 0 Å². The van der Waals surface area contributed by atoms with Crippen LogP contribution < -0.4 is 5.32 Å². The average molecular weight is 257 g/mol. The van der Waals surface area contributed by atoms with Crippen molar-refractivity contribution in [2.45, 2.75) is 59.4 Å². The molecule has 0 saturated heterocycles. The Bertz CT molecular complexity index is 323. The zero-order valence-corrected chi connectivity index (χ0v) is 11.6. The Hall–Kier alpha value is -1.39. The van der Waals surface area contributed by atoms with Crippen molar-refractivity contribution < 1.29 is 19.5 Å². The summed E-state index contributed by atoms with van der Waals surface area (Å²) in [5.74, 6) is -1.19. The maximum absolute atomic E-state index is 12.0. The van der Waals surface area contributed by atoms with Gasteiger partial charge in [0.15, 0.2) is 5.78 Å². The molecular weight excluding hydrogens is 234 g/mol. The van der Waals surface area contributed by atoms with Crippen molar-refractivity contribution in [2.24, 2.45) is 5.41 Å². The third-order valence-electron chi connectivity index (χ3n) is 3.12. The molecule has 0 rings (SSSR count). The summed E-state index contributed by atoms with van der Waals surface area (Å²) in [4.78, 5) is 33.8. The Morgan fingerprint density at radius 3 is 2.22 bits per heavy atom. The summed E-state index contributed by atoms with van der Waals surface area (Å²) in [5.41, 5.74) is -0.451. The highest BCUT2D eigenvalue weighted by Gasteiger charge is 2.30. The lowest BCUT2D eigenvalue weighted by Gasteiger charge is -2.25. The van der Waals surface area contributed by atoms with Crippen LogP contribution in [0.25, 0.3) is 0 Å². The first-order valence-corrected chi connectivity index (χ1v) is 6.26. The largest absolute Gasteiger partial charge is 0.481 e. The molecule has 0 saturated carbocycles. The molecule has 0 fully saturated rings. The summed E-state index contributed by atoms with van der Waals surface area (Å²) >= 11 is 0. The zero-order valence-electron chi connectivity index (χ0n) is 11.6. The number of hydrogen-bond acceptors (Lipinski definition) is 3. The number of nitrogens with one attached hydrogen (secondary N) is 1. The lowest BCUT2D eigenvalue weighted by atomic mass is 9.82. The molecule has 104 valence electrons. The number of hydrogen-bond donors (Lipinski definition) is 2. The predicted octanol–water partition coefficient (Wildman–Crippen LogP) is 1.75. The summed E-state index contributed by atoms with van der Waals surface area (Å²) in [6, 6.07) is -0.530. The molecule has 1 atom stereocenters. The van der Waals surface area contributed by atoms with Crippen LogP contribution in [-0.4, -0.2) is 28.8 Å². The van der Waals surface area contributed by atoms with Crippen LogP contribution >= 0.6 is 0 Å². The molecule has 0 aromatic heterocycles. The summed E-state index contributed by atoms with van der Waals surface area (Å²) in [7, 11) is 0. The van der Waals surface area contributed by atoms with E-state index in [9.17, 15) is 14.4 Å². The van der Waals surface area contributed by atoms with E-state index in [4.69, 9.17) is 5.11 Å². The smallest absolute Gasteiger partial charge is 0.303 e. The highest BCUT2D eigenvalue weighted by atomic mass is 16.4. The average Bonchev–Trinajstić information content (AvgIpc) is 2.27. The molecule has 0 radical (unpaired) electrons. The van der Waals surface area contributed by atoms with Crippen molar-refractivity contribution in [3.05, 3.63) is 0 Å². The van der Waals surface area contributed by atoms with E-state index in [0.29, 0.717) is 12.8 Å². The number of carbonyl (C=O) groups excluding carboxylic acids is 2. The highest BCUT2D eigenvalue weighted by Crippen LogP contribution is 2.22. The van der Waals surface area contributed by atoms with E-state index in [1.54, 1.807) is 6.92 Å². The first-order chi connectivity index (χ1) is 8.20. The third-order valence-corrected chi connectivity index (χ3v) is 3.12. The van der Waals surface area contributed by atoms with Crippen LogP contribution in [0.1, 0.15) is 53.4 Å². The highest BCUT2D eigenvalue weighted by molar-refractivity contribution is 5.92. The van der Waals surface area contributed by atoms with E-state index in [1.165, 1.54) is 0 Å². The summed E-state index contributed by atoms with van der Waals surface area (Å²) in [5, 5.41) is 11.1. The topological polar surface area (TPSA) is 83.5 Å². The van der Waals surface area contributed by atoms with Gasteiger partial charge in [0.05, 0.1) is 6.04 Å². The number of amides is 1. The van der Waals surface area contributed by atoms with E-state index < -0.39 is 17.4 Å². The number of carboxylic acid groups (broad SMARTS) is 1. The minimum atomic E-state index is -0.918. The van der Waals surface area contributed by atoms with Gasteiger partial charge >= 0.3 is 5.97 Å². The zero-order chi connectivity index (χ0) is 14.3. The number of aliphatic carboxylic acids is 1. The van der Waals surface area contributed by atoms with E-state index in [1.807, 2.05) is 20.8 Å². The van der Waals surface area contributed by atoms with Gasteiger partial charge in [0.25, 0.3) is 0 Å². The normalized spacial score (nSPS) is 12.9. The molecule has 0 aliphatic carbocycles. The lowest BCUT2D eigenvalue weighted by molar-refractivity contribution is -0.137. The fraction of sp³-hybridized carbons (Fsp3) is 0.769. The van der Waals surface area contributed by atoms with E-state index in [0.717, 1.165) is 0 Å². The predicted molar refractivity (Wildman–Crippen MR) is 68.2 cm³/mol. The summed E-state index contributed by atoms with van der Waals surface area (Å²) < 4.78 is 0. The molecule has 5 heteroatoms. The molecule has 5 nitrogen and oxygen atoms in total. The molecule has 0 bridgehead atoms. The first kappa shape index (κ1) is 16.6. The van der Waals surface area contributed by atoms with Crippen LogP contribution in [0.4, 0.5) is 0 Å². The van der Waals surface area contributed by atoms with Crippen molar-refractivity contribution in [3.8, 4) is 0 Å². The number of Topliss-reactive ketones (excluding diaryl/α,β-unsaturated/α-hetero) is 1. The molecule has 0 aliphatic heterocycles. The van der Waals surface area contributed by atoms with Crippen LogP contribution in [0.2, 0.25) is 0 Å². The minimum absolute atomic E-state index is 0.00316. The van der Waals surface area contributed by atoms with E-state index >= 15 is 0 Å². The van der Waals surface area contributed by atoms with Gasteiger partial charge in [-0.3, -0.25) is 14.4 Å². The molecular formula is C13H23NO4. The van der Waals surface area contributed by atoms with Gasteiger partial charge in [0, 0.05) is 18.3 Å². The SMILES string of the molecule is CCC(C)(C)C(=O)[C@H](C)NC(=O)CCCC(=O)O. The second-order valence-electron chi connectivity index (χ2n) is 5.14. The molecule has 0 aromatic carbocycles. The van der Waals surface area contributed by atoms with Crippen molar-refractivity contribution in [1.29, 1.82) is 0 Å². The number of carboxylic acids is 1. The summed E-state index contributed by atoms with van der Waals surface area (Å²) in [6.45, 7) is 7.29. The van der Waals surface area contributed by atoms with Crippen molar-refractivity contribution >= 4 is 17.7 Å². The molecule has 2 N–H and O–H groups in total. The number of ketones is 1. The molecule has 18 heavy (non-hydrogen) atoms. The van der Waals surface area contributed by atoms with Gasteiger partial charge in [-0.05, 0) is 19.8 Å². The van der Waals surface area contributed by atoms with Gasteiger partial charge < -0.3 is 10.4 Å². The maximum atomic E-state index is 12.0. The molecule has 0 unspecified atom stereocenters. The molecule has 1 amide bonds. The van der Waals surface area contributed by atoms with Gasteiger partial charge in [0.2, 0.25) is 5.91 Å². The second kappa shape index (κ2) is 7.13. The molecule has 0 aliphatic rings. The Kier molecular flexibility index (Phi) is 6.58. The fourth-order valence-corrected chi connectivity index (χ4v) is 1.54. The molecule has 0 heterocycles. The van der Waals surface area contributed by atoms with Crippen LogP contribution in [0.3, 0.4) is 0 Å². The van der Waals surface area contributed by atoms with Crippen LogP contribution in [0, 0.1) is 5.41 Å². The van der Waals surface area contributed by atoms with E-state index in [-0.39, 0.29) is 24.5 Å². The Morgan fingerprint density at radius 1 is 1.22 bits per heavy atom. The Labute approximate surface area is 108 Å². The third kappa shape index (κ3) is 5.80. The maximum Gasteiger partial charge on any atom is 0.303 e. The quantitative estimate of drug-likeness (QED) is 0.694. The monoisotopic (exact) mass is 257 g/mol. The van der Waals surface area contributed by atoms with Gasteiger partial charge in [-0.15, -0.1) is 0 Å². The van der Waals surface area contributed by atoms with Gasteiger partial charge in [-0.1, -0.05) is 20.8 Å². The number of carbonyl (C=O) groups is 3.